The molecule has 0 radical (unpaired) electrons. The monoisotopic (exact) mass is 445 g/mol. The van der Waals surface area contributed by atoms with Gasteiger partial charge in [0.15, 0.2) is 0 Å². The van der Waals surface area contributed by atoms with Crippen LogP contribution in [0.25, 0.3) is 10.9 Å². The van der Waals surface area contributed by atoms with E-state index in [-0.39, 0.29) is 17.6 Å². The molecule has 7 nitrogen and oxygen atoms in total. The van der Waals surface area contributed by atoms with Crippen molar-refractivity contribution in [3.05, 3.63) is 57.6 Å². The molecule has 168 valence electrons. The molecule has 3 aromatic rings. The summed E-state index contributed by atoms with van der Waals surface area (Å²) in [5, 5.41) is 12.0. The average Bonchev–Trinajstić information content (AvgIpc) is 2.98. The van der Waals surface area contributed by atoms with E-state index in [0.717, 1.165) is 42.0 Å². The van der Waals surface area contributed by atoms with Crippen LogP contribution in [-0.2, 0) is 23.1 Å². The minimum absolute atomic E-state index is 0.0198. The van der Waals surface area contributed by atoms with E-state index in [4.69, 9.17) is 0 Å². The Morgan fingerprint density at radius 2 is 1.91 bits per heavy atom. The summed E-state index contributed by atoms with van der Waals surface area (Å²) in [4.78, 5) is 25.5. The van der Waals surface area contributed by atoms with E-state index in [1.54, 1.807) is 20.0 Å². The van der Waals surface area contributed by atoms with Gasteiger partial charge in [0, 0.05) is 0 Å². The van der Waals surface area contributed by atoms with Crippen LogP contribution in [0, 0.1) is 12.8 Å². The fraction of sp³-hybridized carbons (Fsp3) is 0.455. The molecule has 2 bridgehead atoms. The SMILES string of the molecule is Cc1nn(C23CC(C2)C3)c2cnn(CC(=O)N[C@@H](C)c3ccc(C(F)(F)F)cc3)c(=O)c12. The zero-order chi connectivity index (χ0) is 22.8. The van der Waals surface area contributed by atoms with Crippen molar-refractivity contribution in [2.45, 2.75) is 57.4 Å². The van der Waals surface area contributed by atoms with Crippen LogP contribution >= 0.6 is 0 Å². The summed E-state index contributed by atoms with van der Waals surface area (Å²) in [6.45, 7) is 3.15. The lowest BCUT2D eigenvalue weighted by molar-refractivity contribution is -0.137. The number of carbonyl (C=O) groups excluding carboxylic acids is 1. The smallest absolute Gasteiger partial charge is 0.348 e. The number of hydrogen-bond donors (Lipinski definition) is 1. The van der Waals surface area contributed by atoms with Crippen LogP contribution in [-0.4, -0.2) is 25.5 Å². The third-order valence-electron chi connectivity index (χ3n) is 6.73. The van der Waals surface area contributed by atoms with Gasteiger partial charge in [-0.3, -0.25) is 14.3 Å². The Morgan fingerprint density at radius 1 is 1.25 bits per heavy atom. The topological polar surface area (TPSA) is 81.8 Å². The third kappa shape index (κ3) is 3.20. The van der Waals surface area contributed by atoms with E-state index in [2.05, 4.69) is 15.5 Å². The number of nitrogens with one attached hydrogen (secondary N) is 1. The lowest BCUT2D eigenvalue weighted by atomic mass is 9.50. The molecule has 6 rings (SSSR count). The maximum Gasteiger partial charge on any atom is 0.416 e. The van der Waals surface area contributed by atoms with Gasteiger partial charge in [0.2, 0.25) is 5.91 Å². The fourth-order valence-electron chi connectivity index (χ4n) is 4.87. The number of amides is 1. The molecule has 0 spiro atoms. The number of fused-ring (bicyclic) bond motifs is 1. The van der Waals surface area contributed by atoms with Crippen molar-refractivity contribution in [3.63, 3.8) is 0 Å². The highest BCUT2D eigenvalue weighted by Crippen LogP contribution is 2.62. The van der Waals surface area contributed by atoms with Crippen molar-refractivity contribution in [1.29, 1.82) is 0 Å². The van der Waals surface area contributed by atoms with Crippen molar-refractivity contribution in [1.82, 2.24) is 24.9 Å². The zero-order valence-electron chi connectivity index (χ0n) is 17.6. The van der Waals surface area contributed by atoms with Crippen LogP contribution in [0.2, 0.25) is 0 Å². The number of nitrogens with zero attached hydrogens (tertiary/aromatic N) is 4. The fourth-order valence-corrected chi connectivity index (χ4v) is 4.87. The molecule has 10 heteroatoms. The minimum atomic E-state index is -4.42. The summed E-state index contributed by atoms with van der Waals surface area (Å²) in [5.41, 5.74) is 0.725. The van der Waals surface area contributed by atoms with Gasteiger partial charge in [0.25, 0.3) is 5.56 Å². The van der Waals surface area contributed by atoms with E-state index in [0.29, 0.717) is 22.2 Å². The summed E-state index contributed by atoms with van der Waals surface area (Å²) >= 11 is 0. The molecule has 3 saturated carbocycles. The van der Waals surface area contributed by atoms with Crippen molar-refractivity contribution in [2.75, 3.05) is 0 Å². The molecule has 3 aliphatic carbocycles. The van der Waals surface area contributed by atoms with E-state index in [9.17, 15) is 22.8 Å². The number of rotatable bonds is 5. The van der Waals surface area contributed by atoms with E-state index in [1.165, 1.54) is 12.1 Å². The summed E-state index contributed by atoms with van der Waals surface area (Å²) in [6, 6.07) is 4.08. The number of aromatic nitrogens is 4. The van der Waals surface area contributed by atoms with Gasteiger partial charge in [-0.05, 0) is 56.7 Å². The second kappa shape index (κ2) is 6.91. The number of carbonyl (C=O) groups is 1. The summed E-state index contributed by atoms with van der Waals surface area (Å²) in [6.07, 6.45) is 0.411. The van der Waals surface area contributed by atoms with E-state index >= 15 is 0 Å². The van der Waals surface area contributed by atoms with Crippen LogP contribution in [0.3, 0.4) is 0 Å². The standard InChI is InChI=1S/C22H22F3N5O2/c1-12(15-3-5-16(6-4-15)22(23,24)25)27-18(31)11-29-20(32)19-13(2)28-30(17(19)10-26-29)21-7-14(8-21)9-21/h3-6,10,12,14H,7-9,11H2,1-2H3,(H,27,31)/t12-,14?,21?/m0/s1. The molecule has 3 aliphatic rings. The maximum absolute atomic E-state index is 13.0. The van der Waals surface area contributed by atoms with Crippen molar-refractivity contribution < 1.29 is 18.0 Å². The largest absolute Gasteiger partial charge is 0.416 e. The molecule has 1 amide bonds. The summed E-state index contributed by atoms with van der Waals surface area (Å²) < 4.78 is 41.2. The highest BCUT2D eigenvalue weighted by atomic mass is 19.4. The summed E-state index contributed by atoms with van der Waals surface area (Å²) in [7, 11) is 0. The van der Waals surface area contributed by atoms with Crippen LogP contribution in [0.5, 0.6) is 0 Å². The highest BCUT2D eigenvalue weighted by molar-refractivity contribution is 5.81. The van der Waals surface area contributed by atoms with Crippen molar-refractivity contribution >= 4 is 16.8 Å². The lowest BCUT2D eigenvalue weighted by Crippen LogP contribution is -2.59. The molecule has 1 aromatic carbocycles. The molecule has 0 aliphatic heterocycles. The third-order valence-corrected chi connectivity index (χ3v) is 6.73. The Labute approximate surface area is 181 Å². The van der Waals surface area contributed by atoms with Gasteiger partial charge in [0.1, 0.15) is 6.54 Å². The van der Waals surface area contributed by atoms with E-state index < -0.39 is 23.7 Å². The van der Waals surface area contributed by atoms with Crippen molar-refractivity contribution in [2.24, 2.45) is 5.92 Å². The Kier molecular flexibility index (Phi) is 4.48. The highest BCUT2D eigenvalue weighted by Gasteiger charge is 2.59. The first-order valence-electron chi connectivity index (χ1n) is 10.5. The van der Waals surface area contributed by atoms with Crippen LogP contribution in [0.15, 0.2) is 35.3 Å². The first-order valence-corrected chi connectivity index (χ1v) is 10.5. The van der Waals surface area contributed by atoms with Gasteiger partial charge in [-0.2, -0.15) is 23.4 Å². The lowest BCUT2D eigenvalue weighted by Gasteiger charge is -2.61. The summed E-state index contributed by atoms with van der Waals surface area (Å²) in [5.74, 6) is 0.300. The zero-order valence-corrected chi connectivity index (χ0v) is 17.6. The minimum Gasteiger partial charge on any atom is -0.348 e. The maximum atomic E-state index is 13.0. The van der Waals surface area contributed by atoms with Crippen LogP contribution in [0.1, 0.15) is 49.0 Å². The first-order chi connectivity index (χ1) is 15.1. The molecule has 1 N–H and O–H groups in total. The second-order valence-corrected chi connectivity index (χ2v) is 8.98. The quantitative estimate of drug-likeness (QED) is 0.653. The number of benzene rings is 1. The molecule has 3 fully saturated rings. The molecule has 0 unspecified atom stereocenters. The normalized spacial score (nSPS) is 22.8. The second-order valence-electron chi connectivity index (χ2n) is 8.98. The van der Waals surface area contributed by atoms with Crippen LogP contribution in [0.4, 0.5) is 13.2 Å². The molecule has 1 atom stereocenters. The Bertz CT molecular complexity index is 1260. The molecule has 0 saturated heterocycles. The van der Waals surface area contributed by atoms with Gasteiger partial charge in [0.05, 0.1) is 39.9 Å². The number of aryl methyl sites for hydroxylation is 1. The van der Waals surface area contributed by atoms with Gasteiger partial charge in [-0.1, -0.05) is 12.1 Å². The Hall–Kier alpha value is -3.17. The average molecular weight is 445 g/mol. The number of halogens is 3. The predicted octanol–water partition coefficient (Wildman–Crippen LogP) is 3.31. The van der Waals surface area contributed by atoms with Gasteiger partial charge in [-0.15, -0.1) is 0 Å². The van der Waals surface area contributed by atoms with Gasteiger partial charge >= 0.3 is 6.18 Å². The Balaban J connectivity index is 1.32. The molecule has 32 heavy (non-hydrogen) atoms. The number of alkyl halides is 3. The molecular weight excluding hydrogens is 423 g/mol. The molecule has 2 heterocycles. The molecular formula is C22H22F3N5O2. The molecule has 2 aromatic heterocycles. The van der Waals surface area contributed by atoms with Gasteiger partial charge < -0.3 is 5.32 Å². The van der Waals surface area contributed by atoms with Crippen LogP contribution < -0.4 is 10.9 Å². The van der Waals surface area contributed by atoms with Crippen molar-refractivity contribution in [3.8, 4) is 0 Å². The predicted molar refractivity (Wildman–Crippen MR) is 110 cm³/mol. The van der Waals surface area contributed by atoms with E-state index in [1.807, 2.05) is 4.68 Å². The first kappa shape index (κ1) is 20.7. The Morgan fingerprint density at radius 3 is 2.47 bits per heavy atom. The number of hydrogen-bond acceptors (Lipinski definition) is 4. The van der Waals surface area contributed by atoms with Gasteiger partial charge in [-0.25, -0.2) is 4.68 Å².